The highest BCUT2D eigenvalue weighted by Crippen LogP contribution is 1.84. The second kappa shape index (κ2) is 3.62. The van der Waals surface area contributed by atoms with E-state index in [9.17, 15) is 14.9 Å². The molecule has 0 aliphatic carbocycles. The van der Waals surface area contributed by atoms with Gasteiger partial charge in [0.05, 0.1) is 0 Å². The number of nitrogens with two attached hydrogens (primary N) is 1. The summed E-state index contributed by atoms with van der Waals surface area (Å²) >= 11 is 0. The predicted octanol–water partition coefficient (Wildman–Crippen LogP) is -1.000. The molecule has 58 valence electrons. The Balaban J connectivity index is 3.50. The Bertz CT molecular complexity index is 144. The number of rotatable bonds is 3. The van der Waals surface area contributed by atoms with Crippen LogP contribution in [0.3, 0.4) is 0 Å². The number of hydrogen-bond donors (Lipinski definition) is 1. The molecule has 0 aromatic carbocycles. The average Bonchev–Trinajstić information content (AvgIpc) is 1.82. The van der Waals surface area contributed by atoms with Gasteiger partial charge < -0.3 is 5.73 Å². The zero-order valence-electron chi connectivity index (χ0n) is 5.14. The van der Waals surface area contributed by atoms with Gasteiger partial charge in [-0.1, -0.05) is 4.99 Å². The Morgan fingerprint density at radius 3 is 2.60 bits per heavy atom. The second-order valence-electron chi connectivity index (χ2n) is 1.49. The third kappa shape index (κ3) is 3.61. The Kier molecular flexibility index (Phi) is 3.12. The summed E-state index contributed by atoms with van der Waals surface area (Å²) in [4.78, 5) is 26.5. The fourth-order valence-electron chi connectivity index (χ4n) is 0.143. The molecule has 7 nitrogen and oxygen atoms in total. The molecule has 0 spiro atoms. The van der Waals surface area contributed by atoms with E-state index < -0.39 is 17.1 Å². The normalized spacial score (nSPS) is 11.8. The fraction of sp³-hybridized carbons (Fsp3) is 0.667. The Labute approximate surface area is 55.7 Å². The fourth-order valence-corrected chi connectivity index (χ4v) is 0.143. The molecule has 0 radical (unpaired) electrons. The summed E-state index contributed by atoms with van der Waals surface area (Å²) in [6.07, 6.45) is 0. The van der Waals surface area contributed by atoms with Crippen LogP contribution in [0.1, 0.15) is 6.92 Å². The highest BCUT2D eigenvalue weighted by Gasteiger charge is 2.11. The number of carbonyl (C=O) groups is 1. The van der Waals surface area contributed by atoms with E-state index in [4.69, 9.17) is 5.73 Å². The molecule has 0 fully saturated rings. The van der Waals surface area contributed by atoms with Crippen molar-refractivity contribution >= 4 is 5.97 Å². The van der Waals surface area contributed by atoms with Crippen molar-refractivity contribution in [2.24, 2.45) is 5.73 Å². The van der Waals surface area contributed by atoms with Gasteiger partial charge in [-0.2, -0.15) is 0 Å². The van der Waals surface area contributed by atoms with Crippen LogP contribution in [0.25, 0.3) is 0 Å². The molecule has 10 heavy (non-hydrogen) atoms. The molecule has 0 aromatic heterocycles. The van der Waals surface area contributed by atoms with E-state index in [1.165, 1.54) is 6.92 Å². The highest BCUT2D eigenvalue weighted by atomic mass is 17.3. The van der Waals surface area contributed by atoms with Gasteiger partial charge in [0, 0.05) is 0 Å². The van der Waals surface area contributed by atoms with Gasteiger partial charge in [0.15, 0.2) is 0 Å². The summed E-state index contributed by atoms with van der Waals surface area (Å²) in [6.45, 7) is 1.31. The van der Waals surface area contributed by atoms with Gasteiger partial charge >= 0.3 is 11.1 Å². The first-order chi connectivity index (χ1) is 4.54. The largest absolute Gasteiger partial charge is 0.359 e. The van der Waals surface area contributed by atoms with Crippen LogP contribution in [0.2, 0.25) is 0 Å². The summed E-state index contributed by atoms with van der Waals surface area (Å²) in [7, 11) is 0. The van der Waals surface area contributed by atoms with Crippen molar-refractivity contribution in [3.05, 3.63) is 10.1 Å². The number of carbonyl (C=O) groups excluding carboxylic acids is 1. The van der Waals surface area contributed by atoms with E-state index in [1.807, 2.05) is 0 Å². The molecule has 0 heterocycles. The molecule has 0 amide bonds. The zero-order valence-corrected chi connectivity index (χ0v) is 5.14. The molecule has 0 aliphatic heterocycles. The van der Waals surface area contributed by atoms with E-state index in [1.54, 1.807) is 0 Å². The van der Waals surface area contributed by atoms with Gasteiger partial charge in [0.1, 0.15) is 6.04 Å². The smallest absolute Gasteiger partial charge is 0.319 e. The van der Waals surface area contributed by atoms with Crippen LogP contribution in [0.4, 0.5) is 0 Å². The van der Waals surface area contributed by atoms with Crippen LogP contribution in [0, 0.1) is 10.1 Å². The summed E-state index contributed by atoms with van der Waals surface area (Å²) in [5.41, 5.74) is 4.95. The van der Waals surface area contributed by atoms with Crippen LogP contribution in [-0.2, 0) is 14.7 Å². The quantitative estimate of drug-likeness (QED) is 0.314. The molecule has 0 saturated heterocycles. The van der Waals surface area contributed by atoms with E-state index in [0.717, 1.165) is 0 Å². The molecule has 0 aliphatic rings. The Morgan fingerprint density at radius 2 is 2.30 bits per heavy atom. The maximum Gasteiger partial charge on any atom is 0.359 e. The zero-order chi connectivity index (χ0) is 8.15. The number of hydrogen-bond acceptors (Lipinski definition) is 6. The Hall–Kier alpha value is -1.37. The van der Waals surface area contributed by atoms with Gasteiger partial charge in [0.2, 0.25) is 0 Å². The van der Waals surface area contributed by atoms with Crippen LogP contribution >= 0.6 is 0 Å². The molecule has 0 saturated carbocycles. The lowest BCUT2D eigenvalue weighted by Crippen LogP contribution is -2.29. The van der Waals surface area contributed by atoms with Gasteiger partial charge in [-0.15, -0.1) is 10.1 Å². The third-order valence-corrected chi connectivity index (χ3v) is 0.552. The minimum absolute atomic E-state index is 0.931. The van der Waals surface area contributed by atoms with Crippen LogP contribution in [0.15, 0.2) is 0 Å². The molecule has 0 bridgehead atoms. The molecule has 2 N–H and O–H groups in total. The minimum atomic E-state index is -1.25. The summed E-state index contributed by atoms with van der Waals surface area (Å²) in [6, 6.07) is -0.931. The van der Waals surface area contributed by atoms with Gasteiger partial charge in [0.25, 0.3) is 0 Å². The lowest BCUT2D eigenvalue weighted by atomic mass is 10.4. The SMILES string of the molecule is C[C@H](N)C(=O)OO[N+](=O)[O-]. The summed E-state index contributed by atoms with van der Waals surface area (Å²) in [5.74, 6) is -0.989. The van der Waals surface area contributed by atoms with Crippen molar-refractivity contribution in [3.63, 3.8) is 0 Å². The van der Waals surface area contributed by atoms with Crippen molar-refractivity contribution in [2.45, 2.75) is 13.0 Å². The van der Waals surface area contributed by atoms with Crippen molar-refractivity contribution in [1.82, 2.24) is 0 Å². The van der Waals surface area contributed by atoms with E-state index >= 15 is 0 Å². The van der Waals surface area contributed by atoms with Crippen molar-refractivity contribution in [3.8, 4) is 0 Å². The standard InChI is InChI=1S/C3H6N2O5/c1-2(4)3(6)9-10-5(7)8/h2H,4H2,1H3/t2-/m0/s1. The maximum absolute atomic E-state index is 10.3. The maximum atomic E-state index is 10.3. The average molecular weight is 150 g/mol. The summed E-state index contributed by atoms with van der Waals surface area (Å²) in [5, 5.41) is 8.14. The van der Waals surface area contributed by atoms with Gasteiger partial charge in [-0.05, 0) is 6.92 Å². The monoisotopic (exact) mass is 150 g/mol. The highest BCUT2D eigenvalue weighted by molar-refractivity contribution is 5.74. The minimum Gasteiger partial charge on any atom is -0.319 e. The van der Waals surface area contributed by atoms with Crippen molar-refractivity contribution in [2.75, 3.05) is 0 Å². The van der Waals surface area contributed by atoms with Gasteiger partial charge in [-0.3, -0.25) is 4.89 Å². The number of nitrogens with zero attached hydrogens (tertiary/aromatic N) is 1. The van der Waals surface area contributed by atoms with Gasteiger partial charge in [-0.25, -0.2) is 4.79 Å². The van der Waals surface area contributed by atoms with E-state index in [-0.39, 0.29) is 0 Å². The Morgan fingerprint density at radius 1 is 1.80 bits per heavy atom. The molecular weight excluding hydrogens is 144 g/mol. The molecule has 0 aromatic rings. The lowest BCUT2D eigenvalue weighted by Gasteiger charge is -2.00. The van der Waals surface area contributed by atoms with Crippen LogP contribution < -0.4 is 5.73 Å². The topological polar surface area (TPSA) is 105 Å². The van der Waals surface area contributed by atoms with Crippen molar-refractivity contribution in [1.29, 1.82) is 0 Å². The van der Waals surface area contributed by atoms with E-state index in [2.05, 4.69) is 9.88 Å². The first-order valence-electron chi connectivity index (χ1n) is 2.32. The first-order valence-corrected chi connectivity index (χ1v) is 2.32. The van der Waals surface area contributed by atoms with E-state index in [0.29, 0.717) is 0 Å². The van der Waals surface area contributed by atoms with Crippen molar-refractivity contribution < 1.29 is 19.8 Å². The van der Waals surface area contributed by atoms with Crippen LogP contribution in [0.5, 0.6) is 0 Å². The molecule has 7 heteroatoms. The predicted molar refractivity (Wildman–Crippen MR) is 27.8 cm³/mol. The summed E-state index contributed by atoms with van der Waals surface area (Å²) < 4.78 is 0. The second-order valence-corrected chi connectivity index (χ2v) is 1.49. The lowest BCUT2D eigenvalue weighted by molar-refractivity contribution is -0.839. The van der Waals surface area contributed by atoms with Crippen LogP contribution in [-0.4, -0.2) is 17.1 Å². The molecule has 1 atom stereocenters. The molecule has 0 unspecified atom stereocenters. The first kappa shape index (κ1) is 8.63. The molecular formula is C3H6N2O5. The third-order valence-electron chi connectivity index (χ3n) is 0.552. The molecule has 0 rings (SSSR count).